The third-order valence-corrected chi connectivity index (χ3v) is 2.67. The van der Waals surface area contributed by atoms with Crippen LogP contribution < -0.4 is 5.10 Å². The Balaban J connectivity index is -0.000000118. The molecule has 0 aliphatic heterocycles. The molecule has 0 bridgehead atoms. The zero-order chi connectivity index (χ0) is 17.8. The first-order valence-corrected chi connectivity index (χ1v) is 8.12. The molecule has 5 nitrogen and oxygen atoms in total. The van der Waals surface area contributed by atoms with Crippen LogP contribution in [0.25, 0.3) is 16.0 Å². The monoisotopic (exact) mass is 359 g/mol. The standard InChI is InChI=1S/C8H13N2.3C3H8N.Ti/c1-4-5-8-6(2)9-10-7(8)3;3*1-3-4-2;/h4-5H2,1-3H3;3*3H2,1-2H3;/q4*-1;+4. The predicted molar refractivity (Wildman–Crippen MR) is 100 cm³/mol. The summed E-state index contributed by atoms with van der Waals surface area (Å²) in [5, 5.41) is 19.2. The first-order valence-electron chi connectivity index (χ1n) is 8.12. The van der Waals surface area contributed by atoms with E-state index >= 15 is 0 Å². The third kappa shape index (κ3) is 24.2. The van der Waals surface area contributed by atoms with Crippen LogP contribution in [-0.2, 0) is 28.1 Å². The molecule has 0 saturated heterocycles. The summed E-state index contributed by atoms with van der Waals surface area (Å²) in [6.07, 6.45) is 2.29. The van der Waals surface area contributed by atoms with E-state index in [9.17, 15) is 0 Å². The fourth-order valence-corrected chi connectivity index (χ4v) is 1.14. The van der Waals surface area contributed by atoms with E-state index in [2.05, 4.69) is 33.1 Å². The second-order valence-corrected chi connectivity index (χ2v) is 4.50. The molecule has 0 saturated carbocycles. The first-order chi connectivity index (χ1) is 10.5. The Bertz CT molecular complexity index is 268. The van der Waals surface area contributed by atoms with Gasteiger partial charge >= 0.3 is 21.7 Å². The summed E-state index contributed by atoms with van der Waals surface area (Å²) >= 11 is 0. The topological polar surface area (TPSA) is 69.3 Å². The minimum Gasteiger partial charge on any atom is -0.665 e. The molecule has 6 heteroatoms. The Morgan fingerprint density at radius 3 is 1.35 bits per heavy atom. The maximum absolute atomic E-state index is 3.98. The summed E-state index contributed by atoms with van der Waals surface area (Å²) in [4.78, 5) is 0. The van der Waals surface area contributed by atoms with Gasteiger partial charge < -0.3 is 26.1 Å². The van der Waals surface area contributed by atoms with Crippen LogP contribution in [0.2, 0.25) is 0 Å². The molecule has 0 fully saturated rings. The van der Waals surface area contributed by atoms with E-state index in [1.165, 1.54) is 12.0 Å². The van der Waals surface area contributed by atoms with Crippen molar-refractivity contribution in [2.45, 2.75) is 54.4 Å². The summed E-state index contributed by atoms with van der Waals surface area (Å²) in [7, 11) is 5.42. The molecule has 1 aromatic rings. The molecule has 1 aromatic heterocycles. The molecule has 134 valence electrons. The number of rotatable bonds is 5. The number of hydrogen-bond donors (Lipinski definition) is 0. The van der Waals surface area contributed by atoms with Crippen LogP contribution in [-0.4, -0.2) is 45.9 Å². The van der Waals surface area contributed by atoms with Crippen LogP contribution in [0.15, 0.2) is 0 Å². The van der Waals surface area contributed by atoms with Gasteiger partial charge in [0.15, 0.2) is 0 Å². The molecule has 0 aliphatic rings. The SMILES string of the molecule is CCCc1c(C)n[n-]c1C.CC[N-]C.CC[N-]C.CC[N-]C.[Ti+4]. The second-order valence-electron chi connectivity index (χ2n) is 4.50. The van der Waals surface area contributed by atoms with E-state index in [1.807, 2.05) is 34.6 Å². The van der Waals surface area contributed by atoms with Crippen LogP contribution >= 0.6 is 0 Å². The van der Waals surface area contributed by atoms with Gasteiger partial charge in [-0.05, 0) is 18.9 Å². The number of aryl methyl sites for hydroxylation is 2. The number of nitrogens with zero attached hydrogens (tertiary/aromatic N) is 5. The maximum Gasteiger partial charge on any atom is 4.00 e. The smallest absolute Gasteiger partial charge is 0.665 e. The van der Waals surface area contributed by atoms with Gasteiger partial charge in [0.05, 0.1) is 0 Å². The van der Waals surface area contributed by atoms with E-state index in [1.54, 1.807) is 21.1 Å². The summed E-state index contributed by atoms with van der Waals surface area (Å²) in [5.74, 6) is 0. The van der Waals surface area contributed by atoms with Gasteiger partial charge in [0.2, 0.25) is 0 Å². The quantitative estimate of drug-likeness (QED) is 0.719. The van der Waals surface area contributed by atoms with Crippen LogP contribution in [0, 0.1) is 13.8 Å². The summed E-state index contributed by atoms with van der Waals surface area (Å²) in [5.41, 5.74) is 3.53. The van der Waals surface area contributed by atoms with Gasteiger partial charge in [-0.25, -0.2) is 0 Å². The van der Waals surface area contributed by atoms with Gasteiger partial charge in [-0.3, -0.25) is 0 Å². The molecule has 0 aliphatic carbocycles. The fourth-order valence-electron chi connectivity index (χ4n) is 1.14. The fraction of sp³-hybridized carbons (Fsp3) is 0.824. The Kier molecular flexibility index (Phi) is 35.6. The third-order valence-electron chi connectivity index (χ3n) is 2.67. The van der Waals surface area contributed by atoms with Gasteiger partial charge in [-0.15, -0.1) is 5.69 Å². The first kappa shape index (κ1) is 30.7. The minimum absolute atomic E-state index is 0. The molecular formula is C17H37N5Ti. The normalized spacial score (nSPS) is 8.39. The molecule has 1 heterocycles. The Morgan fingerprint density at radius 2 is 1.17 bits per heavy atom. The van der Waals surface area contributed by atoms with Gasteiger partial charge in [0.25, 0.3) is 0 Å². The Labute approximate surface area is 160 Å². The van der Waals surface area contributed by atoms with Gasteiger partial charge in [0, 0.05) is 5.69 Å². The average molecular weight is 359 g/mol. The zero-order valence-corrected chi connectivity index (χ0v) is 18.3. The van der Waals surface area contributed by atoms with Crippen LogP contribution in [0.1, 0.15) is 51.1 Å². The van der Waals surface area contributed by atoms with Gasteiger partial charge in [-0.1, -0.05) is 41.0 Å². The maximum atomic E-state index is 3.98. The van der Waals surface area contributed by atoms with E-state index in [0.29, 0.717) is 0 Å². The van der Waals surface area contributed by atoms with Crippen LogP contribution in [0.5, 0.6) is 0 Å². The molecule has 0 spiro atoms. The summed E-state index contributed by atoms with van der Waals surface area (Å²) < 4.78 is 0. The van der Waals surface area contributed by atoms with Crippen molar-refractivity contribution in [3.8, 4) is 0 Å². The summed E-state index contributed by atoms with van der Waals surface area (Å²) in [6, 6.07) is 0. The van der Waals surface area contributed by atoms with Crippen molar-refractivity contribution in [3.05, 3.63) is 32.9 Å². The molecule has 0 N–H and O–H groups in total. The Morgan fingerprint density at radius 1 is 0.826 bits per heavy atom. The van der Waals surface area contributed by atoms with Crippen molar-refractivity contribution in [1.82, 2.24) is 10.2 Å². The molecule has 0 aromatic carbocycles. The minimum atomic E-state index is 0. The van der Waals surface area contributed by atoms with Gasteiger partial charge in [0.1, 0.15) is 0 Å². The summed E-state index contributed by atoms with van der Waals surface area (Å²) in [6.45, 7) is 15.1. The molecule has 1 rings (SSSR count). The zero-order valence-electron chi connectivity index (χ0n) is 16.8. The van der Waals surface area contributed by atoms with Crippen molar-refractivity contribution >= 4 is 0 Å². The number of aromatic nitrogens is 2. The molecule has 0 amide bonds. The van der Waals surface area contributed by atoms with Crippen molar-refractivity contribution in [1.29, 1.82) is 0 Å². The van der Waals surface area contributed by atoms with Crippen LogP contribution in [0.4, 0.5) is 0 Å². The molecule has 0 radical (unpaired) electrons. The van der Waals surface area contributed by atoms with Crippen molar-refractivity contribution < 1.29 is 21.7 Å². The molecule has 0 unspecified atom stereocenters. The molecule has 23 heavy (non-hydrogen) atoms. The second kappa shape index (κ2) is 26.7. The van der Waals surface area contributed by atoms with Crippen molar-refractivity contribution in [2.75, 3.05) is 40.8 Å². The largest absolute Gasteiger partial charge is 4.00 e. The van der Waals surface area contributed by atoms with Gasteiger partial charge in [-0.2, -0.15) is 40.8 Å². The van der Waals surface area contributed by atoms with Crippen molar-refractivity contribution in [3.63, 3.8) is 0 Å². The van der Waals surface area contributed by atoms with E-state index < -0.39 is 0 Å². The van der Waals surface area contributed by atoms with E-state index in [4.69, 9.17) is 0 Å². The molecular weight excluding hydrogens is 322 g/mol. The van der Waals surface area contributed by atoms with Crippen LogP contribution in [0.3, 0.4) is 0 Å². The average Bonchev–Trinajstić information content (AvgIpc) is 2.88. The Hall–Kier alpha value is -0.196. The van der Waals surface area contributed by atoms with Crippen molar-refractivity contribution in [2.24, 2.45) is 0 Å². The predicted octanol–water partition coefficient (Wildman–Crippen LogP) is 4.64. The molecule has 0 atom stereocenters. The van der Waals surface area contributed by atoms with E-state index in [-0.39, 0.29) is 21.7 Å². The van der Waals surface area contributed by atoms with E-state index in [0.717, 1.165) is 37.4 Å². The number of hydrogen-bond acceptors (Lipinski definition) is 1.